The molecule has 1 aromatic rings. The smallest absolute Gasteiger partial charge is 0.407 e. The minimum absolute atomic E-state index is 0.388. The molecule has 1 unspecified atom stereocenters. The molecule has 0 aromatic heterocycles. The first-order valence-electron chi connectivity index (χ1n) is 7.45. The lowest BCUT2D eigenvalue weighted by Gasteiger charge is -2.20. The van der Waals surface area contributed by atoms with Crippen molar-refractivity contribution in [3.05, 3.63) is 29.8 Å². The average Bonchev–Trinajstić information content (AvgIpc) is 2.88. The third kappa shape index (κ3) is 5.63. The summed E-state index contributed by atoms with van der Waals surface area (Å²) >= 11 is 0. The van der Waals surface area contributed by atoms with Gasteiger partial charge in [0.15, 0.2) is 0 Å². The Labute approximate surface area is 126 Å². The molecule has 1 aliphatic heterocycles. The van der Waals surface area contributed by atoms with E-state index in [1.165, 1.54) is 0 Å². The Balaban J connectivity index is 1.84. The first-order valence-corrected chi connectivity index (χ1v) is 7.45. The summed E-state index contributed by atoms with van der Waals surface area (Å²) < 4.78 is 5.22. The first-order chi connectivity index (χ1) is 9.92. The van der Waals surface area contributed by atoms with Gasteiger partial charge in [0.25, 0.3) is 0 Å². The Kier molecular flexibility index (Phi) is 5.07. The highest BCUT2D eigenvalue weighted by Crippen LogP contribution is 2.14. The summed E-state index contributed by atoms with van der Waals surface area (Å²) in [6, 6.07) is 8.59. The highest BCUT2D eigenvalue weighted by atomic mass is 16.6. The third-order valence-corrected chi connectivity index (χ3v) is 3.19. The molecule has 0 saturated carbocycles. The van der Waals surface area contributed by atoms with Gasteiger partial charge in [0, 0.05) is 24.8 Å². The zero-order chi connectivity index (χ0) is 15.3. The van der Waals surface area contributed by atoms with Crippen LogP contribution in [0.5, 0.6) is 0 Å². The van der Waals surface area contributed by atoms with Gasteiger partial charge in [-0.1, -0.05) is 12.1 Å². The summed E-state index contributed by atoms with van der Waals surface area (Å²) in [6.45, 7) is 8.09. The maximum Gasteiger partial charge on any atom is 0.407 e. The Morgan fingerprint density at radius 3 is 2.90 bits per heavy atom. The lowest BCUT2D eigenvalue weighted by Crippen LogP contribution is -2.32. The third-order valence-electron chi connectivity index (χ3n) is 3.19. The molecule has 1 fully saturated rings. The molecule has 5 nitrogen and oxygen atoms in total. The number of rotatable bonds is 4. The largest absolute Gasteiger partial charge is 0.444 e. The number of hydrogen-bond donors (Lipinski definition) is 3. The Hall–Kier alpha value is -1.75. The van der Waals surface area contributed by atoms with Crippen molar-refractivity contribution in [1.82, 2.24) is 10.6 Å². The number of nitrogens with one attached hydrogen (secondary N) is 3. The van der Waals surface area contributed by atoms with Crippen LogP contribution in [0.1, 0.15) is 32.8 Å². The molecule has 0 aliphatic carbocycles. The minimum Gasteiger partial charge on any atom is -0.444 e. The van der Waals surface area contributed by atoms with Gasteiger partial charge >= 0.3 is 6.09 Å². The maximum absolute atomic E-state index is 11.6. The zero-order valence-electron chi connectivity index (χ0n) is 13.0. The van der Waals surface area contributed by atoms with Gasteiger partial charge in [0.2, 0.25) is 0 Å². The zero-order valence-corrected chi connectivity index (χ0v) is 13.0. The molecule has 1 saturated heterocycles. The average molecular weight is 291 g/mol. The maximum atomic E-state index is 11.6. The van der Waals surface area contributed by atoms with Gasteiger partial charge in [-0.3, -0.25) is 0 Å². The molecule has 0 radical (unpaired) electrons. The molecular weight excluding hydrogens is 266 g/mol. The number of anilines is 1. The number of amides is 1. The fourth-order valence-corrected chi connectivity index (χ4v) is 2.27. The van der Waals surface area contributed by atoms with Gasteiger partial charge in [-0.2, -0.15) is 0 Å². The van der Waals surface area contributed by atoms with E-state index >= 15 is 0 Å². The lowest BCUT2D eigenvalue weighted by atomic mass is 10.1. The van der Waals surface area contributed by atoms with Crippen LogP contribution in [0.15, 0.2) is 24.3 Å². The van der Waals surface area contributed by atoms with Crippen molar-refractivity contribution in [2.45, 2.75) is 45.4 Å². The van der Waals surface area contributed by atoms with E-state index in [-0.39, 0.29) is 6.09 Å². The van der Waals surface area contributed by atoms with Crippen molar-refractivity contribution < 1.29 is 9.53 Å². The van der Waals surface area contributed by atoms with Crippen LogP contribution >= 0.6 is 0 Å². The van der Waals surface area contributed by atoms with Gasteiger partial charge in [0.1, 0.15) is 5.60 Å². The number of benzene rings is 1. The lowest BCUT2D eigenvalue weighted by molar-refractivity contribution is 0.0523. The molecule has 1 atom stereocenters. The van der Waals surface area contributed by atoms with Gasteiger partial charge in [-0.25, -0.2) is 4.79 Å². The van der Waals surface area contributed by atoms with E-state index in [1.54, 1.807) is 0 Å². The quantitative estimate of drug-likeness (QED) is 0.797. The molecular formula is C16H25N3O2. The molecule has 5 heteroatoms. The van der Waals surface area contributed by atoms with Crippen molar-refractivity contribution in [3.63, 3.8) is 0 Å². The standard InChI is InChI=1S/C16H25N3O2/c1-16(2,3)21-15(20)18-10-12-5-4-6-13(9-12)19-14-7-8-17-11-14/h4-6,9,14,17,19H,7-8,10-11H2,1-3H3,(H,18,20). The van der Waals surface area contributed by atoms with Gasteiger partial charge in [-0.05, 0) is 51.4 Å². The van der Waals surface area contributed by atoms with Crippen molar-refractivity contribution in [1.29, 1.82) is 0 Å². The fourth-order valence-electron chi connectivity index (χ4n) is 2.27. The summed E-state index contributed by atoms with van der Waals surface area (Å²) in [5, 5.41) is 9.61. The normalized spacial score (nSPS) is 18.3. The Morgan fingerprint density at radius 1 is 1.43 bits per heavy atom. The molecule has 0 spiro atoms. The van der Waals surface area contributed by atoms with Crippen LogP contribution in [-0.4, -0.2) is 30.8 Å². The van der Waals surface area contributed by atoms with E-state index in [0.717, 1.165) is 30.8 Å². The van der Waals surface area contributed by atoms with Gasteiger partial charge in [0.05, 0.1) is 0 Å². The summed E-state index contributed by atoms with van der Waals surface area (Å²) in [5.41, 5.74) is 1.67. The van der Waals surface area contributed by atoms with Crippen LogP contribution in [0, 0.1) is 0 Å². The van der Waals surface area contributed by atoms with Crippen molar-refractivity contribution >= 4 is 11.8 Å². The van der Waals surface area contributed by atoms with E-state index in [0.29, 0.717) is 12.6 Å². The molecule has 1 amide bonds. The van der Waals surface area contributed by atoms with E-state index in [9.17, 15) is 4.79 Å². The number of carbonyl (C=O) groups is 1. The van der Waals surface area contributed by atoms with Crippen molar-refractivity contribution in [2.75, 3.05) is 18.4 Å². The Bertz CT molecular complexity index is 477. The summed E-state index contributed by atoms with van der Waals surface area (Å²) in [4.78, 5) is 11.6. The number of hydrogen-bond acceptors (Lipinski definition) is 4. The highest BCUT2D eigenvalue weighted by molar-refractivity contribution is 5.67. The second-order valence-electron chi connectivity index (χ2n) is 6.39. The first kappa shape index (κ1) is 15.6. The monoisotopic (exact) mass is 291 g/mol. The topological polar surface area (TPSA) is 62.4 Å². The van der Waals surface area contributed by atoms with Crippen LogP contribution in [0.3, 0.4) is 0 Å². The summed E-state index contributed by atoms with van der Waals surface area (Å²) in [6.07, 6.45) is 0.751. The fraction of sp³-hybridized carbons (Fsp3) is 0.562. The highest BCUT2D eigenvalue weighted by Gasteiger charge is 2.16. The number of ether oxygens (including phenoxy) is 1. The Morgan fingerprint density at radius 2 is 2.24 bits per heavy atom. The summed E-state index contributed by atoms with van der Waals surface area (Å²) in [7, 11) is 0. The molecule has 116 valence electrons. The predicted molar refractivity (Wildman–Crippen MR) is 84.4 cm³/mol. The molecule has 1 heterocycles. The van der Waals surface area contributed by atoms with Gasteiger partial charge in [-0.15, -0.1) is 0 Å². The second kappa shape index (κ2) is 6.80. The SMILES string of the molecule is CC(C)(C)OC(=O)NCc1cccc(NC2CCNC2)c1. The van der Waals surface area contributed by atoms with Crippen LogP contribution in [0.2, 0.25) is 0 Å². The molecule has 3 N–H and O–H groups in total. The van der Waals surface area contributed by atoms with E-state index in [2.05, 4.69) is 28.1 Å². The van der Waals surface area contributed by atoms with E-state index < -0.39 is 5.60 Å². The van der Waals surface area contributed by atoms with E-state index in [4.69, 9.17) is 4.74 Å². The molecule has 2 rings (SSSR count). The predicted octanol–water partition coefficient (Wildman–Crippen LogP) is 2.49. The van der Waals surface area contributed by atoms with Crippen LogP contribution in [-0.2, 0) is 11.3 Å². The van der Waals surface area contributed by atoms with Crippen molar-refractivity contribution in [2.24, 2.45) is 0 Å². The minimum atomic E-state index is -0.469. The van der Waals surface area contributed by atoms with Crippen LogP contribution in [0.4, 0.5) is 10.5 Å². The van der Waals surface area contributed by atoms with Crippen LogP contribution in [0.25, 0.3) is 0 Å². The molecule has 0 bridgehead atoms. The number of carbonyl (C=O) groups excluding carboxylic acids is 1. The second-order valence-corrected chi connectivity index (χ2v) is 6.39. The molecule has 1 aromatic carbocycles. The van der Waals surface area contributed by atoms with Crippen molar-refractivity contribution in [3.8, 4) is 0 Å². The van der Waals surface area contributed by atoms with Crippen LogP contribution < -0.4 is 16.0 Å². The number of alkyl carbamates (subject to hydrolysis) is 1. The summed E-state index contributed by atoms with van der Waals surface area (Å²) in [5.74, 6) is 0. The molecule has 21 heavy (non-hydrogen) atoms. The van der Waals surface area contributed by atoms with Gasteiger partial charge < -0.3 is 20.7 Å². The van der Waals surface area contributed by atoms with E-state index in [1.807, 2.05) is 32.9 Å². The molecule has 1 aliphatic rings.